The maximum absolute atomic E-state index is 11.1. The molecule has 1 heterocycles. The smallest absolute Gasteiger partial charge is 0.240 e. The van der Waals surface area contributed by atoms with Crippen LogP contribution in [0.3, 0.4) is 0 Å². The molecule has 1 saturated heterocycles. The molecule has 5 nitrogen and oxygen atoms in total. The van der Waals surface area contributed by atoms with Gasteiger partial charge in [-0.25, -0.2) is 5.48 Å². The lowest BCUT2D eigenvalue weighted by Gasteiger charge is -2.20. The van der Waals surface area contributed by atoms with Gasteiger partial charge in [0.05, 0.1) is 5.69 Å². The first-order chi connectivity index (χ1) is 7.31. The number of rotatable bonds is 3. The fraction of sp³-hybridized carbons (Fsp3) is 0.300. The predicted molar refractivity (Wildman–Crippen MR) is 55.2 cm³/mol. The summed E-state index contributed by atoms with van der Waals surface area (Å²) in [5, 5.41) is 10.5. The average Bonchev–Trinajstić information content (AvgIpc) is 2.66. The number of hydrazine groups is 1. The first-order valence-electron chi connectivity index (χ1n) is 4.83. The number of nitrogens with one attached hydrogen (secondary N) is 2. The summed E-state index contributed by atoms with van der Waals surface area (Å²) in [5.41, 5.74) is 6.74. The molecule has 1 aliphatic heterocycles. The summed E-state index contributed by atoms with van der Waals surface area (Å²) in [5.74, 6) is 0.0294. The Labute approximate surface area is 87.6 Å². The number of hydroxylamine groups is 1. The SMILES string of the molecule is O=C1CCN(c2ccccc2CNO)N1. The molecule has 15 heavy (non-hydrogen) atoms. The van der Waals surface area contributed by atoms with E-state index in [4.69, 9.17) is 5.21 Å². The quantitative estimate of drug-likeness (QED) is 0.628. The second kappa shape index (κ2) is 4.29. The number of amides is 1. The van der Waals surface area contributed by atoms with E-state index in [1.54, 1.807) is 5.01 Å². The van der Waals surface area contributed by atoms with Crippen LogP contribution in [0, 0.1) is 0 Å². The summed E-state index contributed by atoms with van der Waals surface area (Å²) in [6, 6.07) is 7.62. The van der Waals surface area contributed by atoms with Crippen molar-refractivity contribution in [3.05, 3.63) is 29.8 Å². The Morgan fingerprint density at radius 3 is 2.93 bits per heavy atom. The van der Waals surface area contributed by atoms with E-state index in [9.17, 15) is 4.79 Å². The van der Waals surface area contributed by atoms with Crippen LogP contribution in [0.15, 0.2) is 24.3 Å². The minimum Gasteiger partial charge on any atom is -0.316 e. The van der Waals surface area contributed by atoms with Gasteiger partial charge in [-0.3, -0.25) is 15.2 Å². The monoisotopic (exact) mass is 207 g/mol. The average molecular weight is 207 g/mol. The van der Waals surface area contributed by atoms with E-state index in [0.717, 1.165) is 11.3 Å². The van der Waals surface area contributed by atoms with Gasteiger partial charge in [-0.05, 0) is 11.6 Å². The molecule has 0 aliphatic carbocycles. The summed E-state index contributed by atoms with van der Waals surface area (Å²) in [7, 11) is 0. The summed E-state index contributed by atoms with van der Waals surface area (Å²) >= 11 is 0. The fourth-order valence-corrected chi connectivity index (χ4v) is 1.67. The molecule has 1 aliphatic rings. The van der Waals surface area contributed by atoms with Crippen molar-refractivity contribution in [2.45, 2.75) is 13.0 Å². The van der Waals surface area contributed by atoms with Crippen molar-refractivity contribution in [1.82, 2.24) is 10.9 Å². The van der Waals surface area contributed by atoms with Crippen LogP contribution in [0.1, 0.15) is 12.0 Å². The molecular weight excluding hydrogens is 194 g/mol. The van der Waals surface area contributed by atoms with Crippen molar-refractivity contribution in [1.29, 1.82) is 0 Å². The number of carbonyl (C=O) groups excluding carboxylic acids is 1. The Bertz CT molecular complexity index is 367. The number of para-hydroxylation sites is 1. The molecule has 3 N–H and O–H groups in total. The lowest BCUT2D eigenvalue weighted by Crippen LogP contribution is -2.34. The van der Waals surface area contributed by atoms with E-state index in [0.29, 0.717) is 19.5 Å². The Kier molecular flexibility index (Phi) is 2.84. The Balaban J connectivity index is 2.22. The molecule has 0 radical (unpaired) electrons. The van der Waals surface area contributed by atoms with Crippen LogP contribution >= 0.6 is 0 Å². The molecule has 0 unspecified atom stereocenters. The number of nitrogens with zero attached hydrogens (tertiary/aromatic N) is 1. The molecular formula is C10H13N3O2. The summed E-state index contributed by atoms with van der Waals surface area (Å²) in [6.07, 6.45) is 0.515. The zero-order chi connectivity index (χ0) is 10.7. The highest BCUT2D eigenvalue weighted by Gasteiger charge is 2.20. The van der Waals surface area contributed by atoms with Crippen LogP contribution in [0.5, 0.6) is 0 Å². The molecule has 1 aromatic carbocycles. The van der Waals surface area contributed by atoms with E-state index in [1.165, 1.54) is 0 Å². The van der Waals surface area contributed by atoms with Gasteiger partial charge in [0.25, 0.3) is 0 Å². The minimum atomic E-state index is 0.0294. The predicted octanol–water partition coefficient (Wildman–Crippen LogP) is 0.407. The topological polar surface area (TPSA) is 64.6 Å². The highest BCUT2D eigenvalue weighted by Crippen LogP contribution is 2.20. The van der Waals surface area contributed by atoms with Gasteiger partial charge >= 0.3 is 0 Å². The van der Waals surface area contributed by atoms with Gasteiger partial charge in [-0.1, -0.05) is 18.2 Å². The van der Waals surface area contributed by atoms with Gasteiger partial charge in [0.2, 0.25) is 5.91 Å². The van der Waals surface area contributed by atoms with Crippen LogP contribution in [0.2, 0.25) is 0 Å². The molecule has 2 rings (SSSR count). The van der Waals surface area contributed by atoms with E-state index in [-0.39, 0.29) is 5.91 Å². The second-order valence-corrected chi connectivity index (χ2v) is 3.40. The molecule has 0 saturated carbocycles. The summed E-state index contributed by atoms with van der Waals surface area (Å²) < 4.78 is 0. The number of hydrogen-bond donors (Lipinski definition) is 3. The Hall–Kier alpha value is -1.59. The highest BCUT2D eigenvalue weighted by atomic mass is 16.5. The molecule has 0 bridgehead atoms. The first kappa shape index (κ1) is 9.95. The number of carbonyl (C=O) groups is 1. The number of benzene rings is 1. The fourth-order valence-electron chi connectivity index (χ4n) is 1.67. The van der Waals surface area contributed by atoms with Gasteiger partial charge in [0.15, 0.2) is 0 Å². The van der Waals surface area contributed by atoms with Gasteiger partial charge in [-0.2, -0.15) is 0 Å². The van der Waals surface area contributed by atoms with E-state index >= 15 is 0 Å². The third-order valence-electron chi connectivity index (χ3n) is 2.37. The molecule has 1 aromatic rings. The van der Waals surface area contributed by atoms with Crippen molar-refractivity contribution < 1.29 is 10.0 Å². The van der Waals surface area contributed by atoms with Crippen LogP contribution in [0.25, 0.3) is 0 Å². The Morgan fingerprint density at radius 2 is 2.27 bits per heavy atom. The third-order valence-corrected chi connectivity index (χ3v) is 2.37. The second-order valence-electron chi connectivity index (χ2n) is 3.40. The van der Waals surface area contributed by atoms with Gasteiger partial charge in [0.1, 0.15) is 0 Å². The van der Waals surface area contributed by atoms with Crippen molar-refractivity contribution in [2.75, 3.05) is 11.6 Å². The lowest BCUT2D eigenvalue weighted by atomic mass is 10.1. The van der Waals surface area contributed by atoms with Gasteiger partial charge in [0, 0.05) is 19.5 Å². The first-order valence-corrected chi connectivity index (χ1v) is 4.83. The molecule has 5 heteroatoms. The molecule has 80 valence electrons. The Morgan fingerprint density at radius 1 is 1.47 bits per heavy atom. The van der Waals surface area contributed by atoms with Crippen LogP contribution in [-0.4, -0.2) is 17.7 Å². The minimum absolute atomic E-state index is 0.0294. The zero-order valence-corrected chi connectivity index (χ0v) is 8.23. The summed E-state index contributed by atoms with van der Waals surface area (Å²) in [6.45, 7) is 1.03. The van der Waals surface area contributed by atoms with E-state index in [2.05, 4.69) is 10.9 Å². The van der Waals surface area contributed by atoms with Gasteiger partial charge < -0.3 is 5.21 Å². The normalized spacial score (nSPS) is 15.5. The molecule has 0 atom stereocenters. The van der Waals surface area contributed by atoms with Crippen molar-refractivity contribution in [2.24, 2.45) is 0 Å². The third kappa shape index (κ3) is 2.08. The largest absolute Gasteiger partial charge is 0.316 e. The van der Waals surface area contributed by atoms with E-state index in [1.807, 2.05) is 24.3 Å². The highest BCUT2D eigenvalue weighted by molar-refractivity contribution is 5.81. The standard InChI is InChI=1S/C10H13N3O2/c14-10-5-6-13(12-10)9-4-2-1-3-8(9)7-11-15/h1-4,11,15H,5-7H2,(H,12,14). The number of anilines is 1. The zero-order valence-electron chi connectivity index (χ0n) is 8.23. The van der Waals surface area contributed by atoms with Crippen molar-refractivity contribution in [3.63, 3.8) is 0 Å². The van der Waals surface area contributed by atoms with Crippen LogP contribution in [0.4, 0.5) is 5.69 Å². The lowest BCUT2D eigenvalue weighted by molar-refractivity contribution is -0.119. The van der Waals surface area contributed by atoms with Gasteiger partial charge in [-0.15, -0.1) is 0 Å². The molecule has 0 spiro atoms. The summed E-state index contributed by atoms with van der Waals surface area (Å²) in [4.78, 5) is 11.1. The van der Waals surface area contributed by atoms with Crippen LogP contribution in [-0.2, 0) is 11.3 Å². The van der Waals surface area contributed by atoms with Crippen LogP contribution < -0.4 is 15.9 Å². The molecule has 1 amide bonds. The molecule has 0 aromatic heterocycles. The van der Waals surface area contributed by atoms with Crippen molar-refractivity contribution >= 4 is 11.6 Å². The number of hydrogen-bond acceptors (Lipinski definition) is 4. The van der Waals surface area contributed by atoms with Crippen molar-refractivity contribution in [3.8, 4) is 0 Å². The van der Waals surface area contributed by atoms with E-state index < -0.39 is 0 Å². The maximum Gasteiger partial charge on any atom is 0.240 e. The molecule has 1 fully saturated rings. The maximum atomic E-state index is 11.1.